The van der Waals surface area contributed by atoms with Crippen LogP contribution in [0.5, 0.6) is 0 Å². The van der Waals surface area contributed by atoms with Gasteiger partial charge in [0.2, 0.25) is 5.91 Å². The topological polar surface area (TPSA) is 78.5 Å². The first-order chi connectivity index (χ1) is 11.1. The molecule has 1 atom stereocenters. The lowest BCUT2D eigenvalue weighted by molar-refractivity contribution is -0.137. The van der Waals surface area contributed by atoms with Gasteiger partial charge >= 0.3 is 6.03 Å². The Balaban J connectivity index is 1.68. The summed E-state index contributed by atoms with van der Waals surface area (Å²) in [7, 11) is 0. The molecule has 0 saturated carbocycles. The molecule has 4 amide bonds. The zero-order valence-corrected chi connectivity index (χ0v) is 13.2. The average molecular weight is 315 g/mol. The van der Waals surface area contributed by atoms with Crippen molar-refractivity contribution in [1.82, 2.24) is 15.5 Å². The Labute approximate surface area is 135 Å². The highest BCUT2D eigenvalue weighted by Crippen LogP contribution is 2.29. The number of hydrogen-bond donors (Lipinski definition) is 2. The van der Waals surface area contributed by atoms with E-state index in [2.05, 4.69) is 10.6 Å². The molecule has 122 valence electrons. The molecule has 0 radical (unpaired) electrons. The quantitative estimate of drug-likeness (QED) is 0.827. The van der Waals surface area contributed by atoms with Gasteiger partial charge in [-0.15, -0.1) is 0 Å². The van der Waals surface area contributed by atoms with E-state index in [4.69, 9.17) is 0 Å². The van der Waals surface area contributed by atoms with Crippen molar-refractivity contribution in [3.05, 3.63) is 35.9 Å². The van der Waals surface area contributed by atoms with E-state index >= 15 is 0 Å². The van der Waals surface area contributed by atoms with E-state index in [0.29, 0.717) is 25.9 Å². The molecule has 2 heterocycles. The maximum absolute atomic E-state index is 12.8. The van der Waals surface area contributed by atoms with Crippen molar-refractivity contribution in [2.24, 2.45) is 0 Å². The van der Waals surface area contributed by atoms with Gasteiger partial charge in [0.1, 0.15) is 5.54 Å². The smallest absolute Gasteiger partial charge is 0.322 e. The number of nitrogens with zero attached hydrogens (tertiary/aromatic N) is 1. The average Bonchev–Trinajstić information content (AvgIpc) is 2.83. The summed E-state index contributed by atoms with van der Waals surface area (Å²) in [6.45, 7) is 2.97. The van der Waals surface area contributed by atoms with Gasteiger partial charge in [-0.1, -0.05) is 37.3 Å². The standard InChI is InChI=1S/C17H21N3O3/c1-2-13(12-6-4-3-5-7-12)14(21)20-10-8-17(9-11-20)15(22)18-16(23)19-17/h3-7,13H,2,8-11H2,1H3,(H2,18,19,22,23). The Hall–Kier alpha value is -2.37. The van der Waals surface area contributed by atoms with Crippen molar-refractivity contribution in [2.45, 2.75) is 37.6 Å². The third-order valence-electron chi connectivity index (χ3n) is 4.85. The fourth-order valence-corrected chi connectivity index (χ4v) is 3.45. The minimum Gasteiger partial charge on any atom is -0.342 e. The molecular weight excluding hydrogens is 294 g/mol. The number of likely N-dealkylation sites (tertiary alicyclic amines) is 1. The summed E-state index contributed by atoms with van der Waals surface area (Å²) >= 11 is 0. The molecule has 6 heteroatoms. The maximum Gasteiger partial charge on any atom is 0.322 e. The van der Waals surface area contributed by atoms with Crippen LogP contribution in [0, 0.1) is 0 Å². The van der Waals surface area contributed by atoms with Crippen molar-refractivity contribution in [3.63, 3.8) is 0 Å². The summed E-state index contributed by atoms with van der Waals surface area (Å²) < 4.78 is 0. The molecule has 2 fully saturated rings. The zero-order chi connectivity index (χ0) is 16.4. The minimum atomic E-state index is -0.831. The van der Waals surface area contributed by atoms with E-state index in [9.17, 15) is 14.4 Å². The van der Waals surface area contributed by atoms with E-state index in [1.54, 1.807) is 0 Å². The molecule has 0 aromatic heterocycles. The molecule has 1 aromatic carbocycles. The first kappa shape index (κ1) is 15.5. The lowest BCUT2D eigenvalue weighted by Gasteiger charge is -2.38. The number of imide groups is 1. The molecule has 23 heavy (non-hydrogen) atoms. The normalized spacial score (nSPS) is 21.0. The molecule has 0 aliphatic carbocycles. The lowest BCUT2D eigenvalue weighted by Crippen LogP contribution is -2.56. The maximum atomic E-state index is 12.8. The van der Waals surface area contributed by atoms with Crippen LogP contribution in [0.25, 0.3) is 0 Å². The highest BCUT2D eigenvalue weighted by molar-refractivity contribution is 6.07. The van der Waals surface area contributed by atoms with Gasteiger partial charge in [-0.3, -0.25) is 14.9 Å². The van der Waals surface area contributed by atoms with Crippen molar-refractivity contribution >= 4 is 17.8 Å². The second-order valence-corrected chi connectivity index (χ2v) is 6.19. The molecule has 0 bridgehead atoms. The van der Waals surface area contributed by atoms with Gasteiger partial charge in [-0.25, -0.2) is 4.79 Å². The molecule has 1 spiro atoms. The molecule has 1 unspecified atom stereocenters. The van der Waals surface area contributed by atoms with Gasteiger partial charge in [-0.05, 0) is 24.8 Å². The van der Waals surface area contributed by atoms with Gasteiger partial charge in [0.15, 0.2) is 0 Å². The minimum absolute atomic E-state index is 0.0956. The summed E-state index contributed by atoms with van der Waals surface area (Å²) in [5.41, 5.74) is 0.190. The highest BCUT2D eigenvalue weighted by atomic mass is 16.2. The Morgan fingerprint density at radius 2 is 1.87 bits per heavy atom. The highest BCUT2D eigenvalue weighted by Gasteiger charge is 2.48. The number of carbonyl (C=O) groups excluding carboxylic acids is 3. The van der Waals surface area contributed by atoms with Crippen LogP contribution in [0.2, 0.25) is 0 Å². The number of urea groups is 1. The zero-order valence-electron chi connectivity index (χ0n) is 13.2. The second-order valence-electron chi connectivity index (χ2n) is 6.19. The first-order valence-corrected chi connectivity index (χ1v) is 8.03. The third-order valence-corrected chi connectivity index (χ3v) is 4.85. The largest absolute Gasteiger partial charge is 0.342 e. The second kappa shape index (κ2) is 6.02. The van der Waals surface area contributed by atoms with E-state index < -0.39 is 11.6 Å². The lowest BCUT2D eigenvalue weighted by atomic mass is 9.86. The number of hydrogen-bond acceptors (Lipinski definition) is 3. The van der Waals surface area contributed by atoms with Gasteiger partial charge in [-0.2, -0.15) is 0 Å². The molecule has 3 rings (SSSR count). The van der Waals surface area contributed by atoms with Crippen molar-refractivity contribution in [1.29, 1.82) is 0 Å². The van der Waals surface area contributed by atoms with Crippen molar-refractivity contribution in [3.8, 4) is 0 Å². The van der Waals surface area contributed by atoms with Crippen LogP contribution in [0.3, 0.4) is 0 Å². The Kier molecular flexibility index (Phi) is 4.07. The third kappa shape index (κ3) is 2.81. The summed E-state index contributed by atoms with van der Waals surface area (Å²) in [5.74, 6) is -0.333. The van der Waals surface area contributed by atoms with E-state index in [-0.39, 0.29) is 17.7 Å². The Morgan fingerprint density at radius 1 is 1.22 bits per heavy atom. The van der Waals surface area contributed by atoms with Gasteiger partial charge in [0, 0.05) is 13.1 Å². The summed E-state index contributed by atoms with van der Waals surface area (Å²) in [6, 6.07) is 9.33. The Morgan fingerprint density at radius 3 is 2.39 bits per heavy atom. The fourth-order valence-electron chi connectivity index (χ4n) is 3.45. The molecule has 2 saturated heterocycles. The number of benzene rings is 1. The predicted octanol–water partition coefficient (Wildman–Crippen LogP) is 1.38. The van der Waals surface area contributed by atoms with Crippen LogP contribution < -0.4 is 10.6 Å². The van der Waals surface area contributed by atoms with Crippen molar-refractivity contribution in [2.75, 3.05) is 13.1 Å². The number of amides is 4. The first-order valence-electron chi connectivity index (χ1n) is 8.03. The molecule has 1 aromatic rings. The molecule has 6 nitrogen and oxygen atoms in total. The molecule has 2 aliphatic heterocycles. The van der Waals surface area contributed by atoms with Crippen LogP contribution in [0.1, 0.15) is 37.7 Å². The molecular formula is C17H21N3O3. The predicted molar refractivity (Wildman–Crippen MR) is 84.7 cm³/mol. The number of nitrogens with one attached hydrogen (secondary N) is 2. The fraction of sp³-hybridized carbons (Fsp3) is 0.471. The Bertz CT molecular complexity index is 621. The van der Waals surface area contributed by atoms with Gasteiger partial charge in [0.05, 0.1) is 5.92 Å². The summed E-state index contributed by atoms with van der Waals surface area (Å²) in [5, 5.41) is 5.00. The number of piperidine rings is 1. The summed E-state index contributed by atoms with van der Waals surface area (Å²) in [4.78, 5) is 37.9. The van der Waals surface area contributed by atoms with E-state index in [0.717, 1.165) is 12.0 Å². The van der Waals surface area contributed by atoms with Crippen LogP contribution in [-0.4, -0.2) is 41.4 Å². The monoisotopic (exact) mass is 315 g/mol. The molecule has 2 aliphatic rings. The van der Waals surface area contributed by atoms with Crippen molar-refractivity contribution < 1.29 is 14.4 Å². The van der Waals surface area contributed by atoms with Crippen LogP contribution >= 0.6 is 0 Å². The van der Waals surface area contributed by atoms with E-state index in [1.165, 1.54) is 0 Å². The van der Waals surface area contributed by atoms with Crippen LogP contribution in [0.4, 0.5) is 4.79 Å². The van der Waals surface area contributed by atoms with Crippen LogP contribution in [0.15, 0.2) is 30.3 Å². The molecule has 2 N–H and O–H groups in total. The van der Waals surface area contributed by atoms with Gasteiger partial charge in [0.25, 0.3) is 5.91 Å². The van der Waals surface area contributed by atoms with Gasteiger partial charge < -0.3 is 10.2 Å². The van der Waals surface area contributed by atoms with E-state index in [1.807, 2.05) is 42.2 Å². The summed E-state index contributed by atoms with van der Waals surface area (Å²) in [6.07, 6.45) is 1.66. The SMILES string of the molecule is CCC(C(=O)N1CCC2(CC1)NC(=O)NC2=O)c1ccccc1. The number of carbonyl (C=O) groups is 3. The number of rotatable bonds is 3. The van der Waals surface area contributed by atoms with Crippen LogP contribution in [-0.2, 0) is 9.59 Å².